The summed E-state index contributed by atoms with van der Waals surface area (Å²) in [6, 6.07) is 10.6. The second-order valence-corrected chi connectivity index (χ2v) is 10.5. The Morgan fingerprint density at radius 1 is 0.902 bits per heavy atom. The topological polar surface area (TPSA) is 87.0 Å². The molecule has 1 atom stereocenters. The number of carboxylic acids is 1. The van der Waals surface area contributed by atoms with Crippen molar-refractivity contribution in [3.8, 4) is 5.75 Å². The van der Waals surface area contributed by atoms with Crippen LogP contribution in [-0.2, 0) is 16.6 Å². The SMILES string of the molecule is CCC(CC)(c1ccc(CCC(O)(C(F)(F)F)C(F)(F)F)c(C)c1)c1ccc(OCC(O)CCCC(=O)O)c(C)c1. The summed E-state index contributed by atoms with van der Waals surface area (Å²) in [6.45, 7) is 7.46. The van der Waals surface area contributed by atoms with E-state index >= 15 is 0 Å². The number of aliphatic hydroxyl groups is 2. The van der Waals surface area contributed by atoms with E-state index in [1.165, 1.54) is 6.07 Å². The maximum atomic E-state index is 13.1. The van der Waals surface area contributed by atoms with Gasteiger partial charge in [0.2, 0.25) is 0 Å². The quantitative estimate of drug-likeness (QED) is 0.202. The second kappa shape index (κ2) is 13.5. The molecule has 2 aromatic carbocycles. The Hall–Kier alpha value is -2.79. The molecule has 0 aliphatic carbocycles. The average Bonchev–Trinajstić information content (AvgIpc) is 2.87. The molecule has 0 saturated heterocycles. The highest BCUT2D eigenvalue weighted by Gasteiger charge is 2.69. The van der Waals surface area contributed by atoms with E-state index < -0.39 is 48.3 Å². The molecule has 0 bridgehead atoms. The van der Waals surface area contributed by atoms with Gasteiger partial charge in [0.1, 0.15) is 12.4 Å². The summed E-state index contributed by atoms with van der Waals surface area (Å²) in [5, 5.41) is 28.3. The molecule has 5 nitrogen and oxygen atoms in total. The number of benzene rings is 2. The zero-order valence-corrected chi connectivity index (χ0v) is 23.6. The number of hydrogen-bond acceptors (Lipinski definition) is 4. The summed E-state index contributed by atoms with van der Waals surface area (Å²) in [7, 11) is 0. The molecule has 2 rings (SSSR count). The van der Waals surface area contributed by atoms with Gasteiger partial charge in [-0.3, -0.25) is 4.79 Å². The van der Waals surface area contributed by atoms with Crippen LogP contribution in [0.5, 0.6) is 5.75 Å². The average molecular weight is 593 g/mol. The number of halogens is 6. The Morgan fingerprint density at radius 2 is 1.44 bits per heavy atom. The van der Waals surface area contributed by atoms with Gasteiger partial charge >= 0.3 is 18.3 Å². The van der Waals surface area contributed by atoms with Crippen LogP contribution in [0.25, 0.3) is 0 Å². The summed E-state index contributed by atoms with van der Waals surface area (Å²) in [5.74, 6) is -0.375. The highest BCUT2D eigenvalue weighted by molar-refractivity contribution is 5.66. The van der Waals surface area contributed by atoms with Crippen molar-refractivity contribution >= 4 is 5.97 Å². The first kappa shape index (κ1) is 34.4. The lowest BCUT2D eigenvalue weighted by molar-refractivity contribution is -0.369. The molecule has 0 radical (unpaired) electrons. The van der Waals surface area contributed by atoms with Crippen molar-refractivity contribution in [3.05, 3.63) is 64.2 Å². The molecule has 11 heteroatoms. The third kappa shape index (κ3) is 7.94. The van der Waals surface area contributed by atoms with Crippen molar-refractivity contribution in [2.75, 3.05) is 6.61 Å². The Balaban J connectivity index is 2.27. The van der Waals surface area contributed by atoms with Crippen LogP contribution in [0.2, 0.25) is 0 Å². The fraction of sp³-hybridized carbons (Fsp3) is 0.567. The van der Waals surface area contributed by atoms with Crippen LogP contribution in [0.3, 0.4) is 0 Å². The normalized spacial score (nSPS) is 13.8. The predicted octanol–water partition coefficient (Wildman–Crippen LogP) is 7.19. The minimum Gasteiger partial charge on any atom is -0.491 e. The summed E-state index contributed by atoms with van der Waals surface area (Å²) in [6.07, 6.45) is -12.8. The van der Waals surface area contributed by atoms with Gasteiger partial charge in [-0.15, -0.1) is 0 Å². The molecule has 0 spiro atoms. The van der Waals surface area contributed by atoms with Gasteiger partial charge in [0.25, 0.3) is 5.60 Å². The van der Waals surface area contributed by atoms with Gasteiger partial charge in [-0.05, 0) is 86.3 Å². The van der Waals surface area contributed by atoms with Crippen LogP contribution in [0.4, 0.5) is 26.3 Å². The highest BCUT2D eigenvalue weighted by Crippen LogP contribution is 2.46. The molecule has 0 aromatic heterocycles. The summed E-state index contributed by atoms with van der Waals surface area (Å²) in [4.78, 5) is 10.6. The van der Waals surface area contributed by atoms with E-state index in [1.54, 1.807) is 25.1 Å². The number of aliphatic carboxylic acids is 1. The van der Waals surface area contributed by atoms with E-state index in [4.69, 9.17) is 9.84 Å². The van der Waals surface area contributed by atoms with E-state index in [-0.39, 0.29) is 18.6 Å². The van der Waals surface area contributed by atoms with Gasteiger partial charge in [-0.2, -0.15) is 26.3 Å². The van der Waals surface area contributed by atoms with Gasteiger partial charge in [0, 0.05) is 11.8 Å². The van der Waals surface area contributed by atoms with Crippen LogP contribution >= 0.6 is 0 Å². The molecule has 0 saturated carbocycles. The minimum absolute atomic E-state index is 0.00492. The lowest BCUT2D eigenvalue weighted by atomic mass is 9.69. The Labute approximate surface area is 236 Å². The van der Waals surface area contributed by atoms with Crippen LogP contribution in [-0.4, -0.2) is 52.0 Å². The molecule has 2 aromatic rings. The second-order valence-electron chi connectivity index (χ2n) is 10.5. The lowest BCUT2D eigenvalue weighted by Crippen LogP contribution is -2.57. The van der Waals surface area contributed by atoms with Crippen LogP contribution in [0.15, 0.2) is 36.4 Å². The number of aliphatic hydroxyl groups excluding tert-OH is 1. The molecule has 0 fully saturated rings. The number of carbonyl (C=O) groups is 1. The zero-order chi connectivity index (χ0) is 31.2. The maximum absolute atomic E-state index is 13.1. The number of alkyl halides is 6. The first-order chi connectivity index (χ1) is 18.9. The number of hydrogen-bond donors (Lipinski definition) is 3. The van der Waals surface area contributed by atoms with Gasteiger partial charge in [0.15, 0.2) is 0 Å². The summed E-state index contributed by atoms with van der Waals surface area (Å²) >= 11 is 0. The van der Waals surface area contributed by atoms with Crippen LogP contribution in [0, 0.1) is 13.8 Å². The maximum Gasteiger partial charge on any atom is 0.426 e. The predicted molar refractivity (Wildman–Crippen MR) is 142 cm³/mol. The third-order valence-corrected chi connectivity index (χ3v) is 7.88. The fourth-order valence-electron chi connectivity index (χ4n) is 5.13. The number of ether oxygens (including phenoxy) is 1. The van der Waals surface area contributed by atoms with E-state index in [0.717, 1.165) is 16.7 Å². The molecule has 3 N–H and O–H groups in total. The zero-order valence-electron chi connectivity index (χ0n) is 23.6. The van der Waals surface area contributed by atoms with Crippen molar-refractivity contribution in [1.29, 1.82) is 0 Å². The van der Waals surface area contributed by atoms with Gasteiger partial charge in [0.05, 0.1) is 6.10 Å². The standard InChI is InChI=1S/C30H38F6O5/c1-5-27(6-2,23-12-13-25(20(4)17-23)41-18-24(37)8-7-9-26(38)39)22-11-10-21(19(3)16-22)14-15-28(40,29(31,32)33)30(34,35)36/h10-13,16-17,24,37,40H,5-9,14-15,18H2,1-4H3,(H,38,39). The molecule has 1 unspecified atom stereocenters. The molecule has 0 aliphatic heterocycles. The molecule has 230 valence electrons. The molecule has 0 aliphatic rings. The lowest BCUT2D eigenvalue weighted by Gasteiger charge is -2.35. The Kier molecular flexibility index (Phi) is 11.3. The number of aryl methyl sites for hydroxylation is 3. The van der Waals surface area contributed by atoms with Crippen molar-refractivity contribution in [2.24, 2.45) is 0 Å². The minimum atomic E-state index is -5.86. The first-order valence-electron chi connectivity index (χ1n) is 13.5. The molecular weight excluding hydrogens is 554 g/mol. The summed E-state index contributed by atoms with van der Waals surface area (Å²) in [5.41, 5.74) is -1.88. The number of carboxylic acid groups (broad SMARTS) is 1. The van der Waals surface area contributed by atoms with Crippen molar-refractivity contribution in [2.45, 2.75) is 102 Å². The molecule has 0 heterocycles. The smallest absolute Gasteiger partial charge is 0.426 e. The van der Waals surface area contributed by atoms with Crippen molar-refractivity contribution in [1.82, 2.24) is 0 Å². The van der Waals surface area contributed by atoms with E-state index in [9.17, 15) is 41.4 Å². The molecular formula is C30H38F6O5. The molecule has 0 amide bonds. The monoisotopic (exact) mass is 592 g/mol. The third-order valence-electron chi connectivity index (χ3n) is 7.88. The fourth-order valence-corrected chi connectivity index (χ4v) is 5.13. The van der Waals surface area contributed by atoms with E-state index in [0.29, 0.717) is 37.0 Å². The van der Waals surface area contributed by atoms with Crippen molar-refractivity contribution < 1.29 is 51.2 Å². The van der Waals surface area contributed by atoms with Crippen molar-refractivity contribution in [3.63, 3.8) is 0 Å². The largest absolute Gasteiger partial charge is 0.491 e. The first-order valence-corrected chi connectivity index (χ1v) is 13.5. The van der Waals surface area contributed by atoms with E-state index in [2.05, 4.69) is 0 Å². The number of rotatable bonds is 14. The van der Waals surface area contributed by atoms with E-state index in [1.807, 2.05) is 32.9 Å². The Morgan fingerprint density at radius 3 is 1.90 bits per heavy atom. The van der Waals surface area contributed by atoms with Crippen LogP contribution in [0.1, 0.15) is 80.2 Å². The van der Waals surface area contributed by atoms with Crippen LogP contribution < -0.4 is 4.74 Å². The van der Waals surface area contributed by atoms with Gasteiger partial charge < -0.3 is 20.1 Å². The van der Waals surface area contributed by atoms with Gasteiger partial charge in [-0.1, -0.05) is 44.2 Å². The Bertz CT molecular complexity index is 1160. The summed E-state index contributed by atoms with van der Waals surface area (Å²) < 4.78 is 84.5. The highest BCUT2D eigenvalue weighted by atomic mass is 19.4. The van der Waals surface area contributed by atoms with Gasteiger partial charge in [-0.25, -0.2) is 0 Å². The molecule has 41 heavy (non-hydrogen) atoms.